The second-order valence-corrected chi connectivity index (χ2v) is 6.28. The summed E-state index contributed by atoms with van der Waals surface area (Å²) in [4.78, 5) is 4.78. The fourth-order valence-electron chi connectivity index (χ4n) is 2.49. The molecular weight excluding hydrogens is 341 g/mol. The summed E-state index contributed by atoms with van der Waals surface area (Å²) in [6, 6.07) is 15.3. The second kappa shape index (κ2) is 13.2. The second-order valence-electron chi connectivity index (χ2n) is 6.28. The van der Waals surface area contributed by atoms with Crippen molar-refractivity contribution in [2.24, 2.45) is 4.99 Å². The van der Waals surface area contributed by atoms with Crippen LogP contribution in [-0.4, -0.2) is 19.6 Å². The van der Waals surface area contributed by atoms with E-state index in [4.69, 9.17) is 14.5 Å². The molecular formula is C23H32FNO2. The van der Waals surface area contributed by atoms with Gasteiger partial charge >= 0.3 is 0 Å². The molecule has 0 aliphatic carbocycles. The van der Waals surface area contributed by atoms with Gasteiger partial charge in [-0.2, -0.15) is 0 Å². The highest BCUT2D eigenvalue weighted by Gasteiger charge is 2.10. The van der Waals surface area contributed by atoms with E-state index in [1.165, 1.54) is 19.6 Å². The highest BCUT2D eigenvalue weighted by Crippen LogP contribution is 2.20. The summed E-state index contributed by atoms with van der Waals surface area (Å²) in [5.74, 6) is -0.280. The van der Waals surface area contributed by atoms with Crippen molar-refractivity contribution in [2.45, 2.75) is 53.2 Å². The van der Waals surface area contributed by atoms with Gasteiger partial charge in [0, 0.05) is 18.4 Å². The van der Waals surface area contributed by atoms with Crippen LogP contribution in [0, 0.1) is 5.82 Å². The third-order valence-corrected chi connectivity index (χ3v) is 3.81. The van der Waals surface area contributed by atoms with Gasteiger partial charge < -0.3 is 9.47 Å². The van der Waals surface area contributed by atoms with E-state index in [1.54, 1.807) is 6.07 Å². The lowest BCUT2D eigenvalue weighted by atomic mass is 10.0. The minimum Gasteiger partial charge on any atom is -0.359 e. The van der Waals surface area contributed by atoms with E-state index >= 15 is 0 Å². The Bertz CT molecular complexity index is 686. The molecule has 0 saturated heterocycles. The minimum absolute atomic E-state index is 0.0360. The predicted molar refractivity (Wildman–Crippen MR) is 111 cm³/mol. The van der Waals surface area contributed by atoms with Gasteiger partial charge in [0.1, 0.15) is 12.6 Å². The monoisotopic (exact) mass is 373 g/mol. The number of hydrogen-bond donors (Lipinski definition) is 0. The quantitative estimate of drug-likeness (QED) is 0.308. The molecule has 27 heavy (non-hydrogen) atoms. The first-order valence-corrected chi connectivity index (χ1v) is 9.54. The summed E-state index contributed by atoms with van der Waals surface area (Å²) in [5, 5.41) is 0. The molecule has 2 aromatic rings. The van der Waals surface area contributed by atoms with Crippen molar-refractivity contribution in [1.29, 1.82) is 0 Å². The minimum atomic E-state index is -0.280. The fourth-order valence-corrected chi connectivity index (χ4v) is 2.49. The Morgan fingerprint density at radius 2 is 1.74 bits per heavy atom. The van der Waals surface area contributed by atoms with Crippen molar-refractivity contribution in [3.63, 3.8) is 0 Å². The first-order valence-electron chi connectivity index (χ1n) is 9.54. The SMILES string of the molecule is CCC.CCC(=N[C@@H](C)c1ccccc1)c1ccc(COCOC)c(F)c1. The van der Waals surface area contributed by atoms with E-state index in [0.717, 1.165) is 23.3 Å². The number of halogens is 1. The van der Waals surface area contributed by atoms with Gasteiger partial charge in [-0.05, 0) is 30.5 Å². The van der Waals surface area contributed by atoms with E-state index in [0.29, 0.717) is 5.56 Å². The summed E-state index contributed by atoms with van der Waals surface area (Å²) in [5.41, 5.74) is 3.37. The fraction of sp³-hybridized carbons (Fsp3) is 0.435. The summed E-state index contributed by atoms with van der Waals surface area (Å²) >= 11 is 0. The summed E-state index contributed by atoms with van der Waals surface area (Å²) in [6.45, 7) is 8.68. The van der Waals surface area contributed by atoms with Crippen molar-refractivity contribution < 1.29 is 13.9 Å². The van der Waals surface area contributed by atoms with Crippen molar-refractivity contribution >= 4 is 5.71 Å². The van der Waals surface area contributed by atoms with Crippen LogP contribution < -0.4 is 0 Å². The zero-order chi connectivity index (χ0) is 20.1. The molecule has 2 aromatic carbocycles. The van der Waals surface area contributed by atoms with E-state index in [1.807, 2.05) is 38.1 Å². The number of ether oxygens (including phenoxy) is 2. The van der Waals surface area contributed by atoms with Gasteiger partial charge in [0.15, 0.2) is 0 Å². The Morgan fingerprint density at radius 3 is 2.30 bits per heavy atom. The van der Waals surface area contributed by atoms with Crippen LogP contribution in [0.3, 0.4) is 0 Å². The van der Waals surface area contributed by atoms with Crippen LogP contribution in [0.15, 0.2) is 53.5 Å². The van der Waals surface area contributed by atoms with Gasteiger partial charge in [-0.3, -0.25) is 4.99 Å². The van der Waals surface area contributed by atoms with Crippen molar-refractivity contribution in [3.05, 3.63) is 71.0 Å². The summed E-state index contributed by atoms with van der Waals surface area (Å²) in [6.07, 6.45) is 2.00. The van der Waals surface area contributed by atoms with Crippen LogP contribution >= 0.6 is 0 Å². The third-order valence-electron chi connectivity index (χ3n) is 3.81. The van der Waals surface area contributed by atoms with Crippen LogP contribution in [0.4, 0.5) is 4.39 Å². The number of methoxy groups -OCH3 is 1. The van der Waals surface area contributed by atoms with Crippen LogP contribution in [-0.2, 0) is 16.1 Å². The molecule has 0 aliphatic heterocycles. The number of aliphatic imine (C=N–C) groups is 1. The van der Waals surface area contributed by atoms with E-state index in [9.17, 15) is 4.39 Å². The lowest BCUT2D eigenvalue weighted by Crippen LogP contribution is -2.05. The van der Waals surface area contributed by atoms with E-state index in [2.05, 4.69) is 26.0 Å². The lowest BCUT2D eigenvalue weighted by molar-refractivity contribution is -0.0398. The Labute approximate surface area is 163 Å². The molecule has 0 aromatic heterocycles. The summed E-state index contributed by atoms with van der Waals surface area (Å²) < 4.78 is 24.3. The van der Waals surface area contributed by atoms with Gasteiger partial charge in [0.2, 0.25) is 0 Å². The number of rotatable bonds is 8. The molecule has 0 aliphatic rings. The molecule has 2 rings (SSSR count). The molecule has 0 heterocycles. The molecule has 0 spiro atoms. The molecule has 0 amide bonds. The van der Waals surface area contributed by atoms with E-state index < -0.39 is 0 Å². The molecule has 0 saturated carbocycles. The average Bonchev–Trinajstić information content (AvgIpc) is 2.68. The first kappa shape index (κ1) is 23.0. The Hall–Kier alpha value is -2.04. The van der Waals surface area contributed by atoms with Crippen LogP contribution in [0.1, 0.15) is 63.3 Å². The van der Waals surface area contributed by atoms with E-state index in [-0.39, 0.29) is 25.3 Å². The Morgan fingerprint density at radius 1 is 1.07 bits per heavy atom. The van der Waals surface area contributed by atoms with Gasteiger partial charge in [0.05, 0.1) is 12.6 Å². The van der Waals surface area contributed by atoms with Crippen molar-refractivity contribution in [1.82, 2.24) is 0 Å². The highest BCUT2D eigenvalue weighted by molar-refractivity contribution is 6.00. The molecule has 3 nitrogen and oxygen atoms in total. The molecule has 0 radical (unpaired) electrons. The van der Waals surface area contributed by atoms with Crippen molar-refractivity contribution in [2.75, 3.05) is 13.9 Å². The number of hydrogen-bond acceptors (Lipinski definition) is 3. The molecule has 1 atom stereocenters. The van der Waals surface area contributed by atoms with Crippen molar-refractivity contribution in [3.8, 4) is 0 Å². The zero-order valence-corrected chi connectivity index (χ0v) is 17.2. The number of nitrogens with zero attached hydrogens (tertiary/aromatic N) is 1. The maximum atomic E-state index is 14.3. The van der Waals surface area contributed by atoms with Crippen LogP contribution in [0.2, 0.25) is 0 Å². The lowest BCUT2D eigenvalue weighted by Gasteiger charge is -2.12. The smallest absolute Gasteiger partial charge is 0.146 e. The van der Waals surface area contributed by atoms with Crippen LogP contribution in [0.5, 0.6) is 0 Å². The van der Waals surface area contributed by atoms with Gasteiger partial charge in [-0.1, -0.05) is 69.7 Å². The zero-order valence-electron chi connectivity index (χ0n) is 17.2. The number of benzene rings is 2. The average molecular weight is 374 g/mol. The third kappa shape index (κ3) is 8.02. The first-order chi connectivity index (χ1) is 13.1. The molecule has 0 bridgehead atoms. The molecule has 148 valence electrons. The largest absolute Gasteiger partial charge is 0.359 e. The predicted octanol–water partition coefficient (Wildman–Crippen LogP) is 6.32. The summed E-state index contributed by atoms with van der Waals surface area (Å²) in [7, 11) is 1.54. The van der Waals surface area contributed by atoms with Gasteiger partial charge in [0.25, 0.3) is 0 Å². The Balaban J connectivity index is 0.00000114. The molecule has 4 heteroatoms. The van der Waals surface area contributed by atoms with Crippen LogP contribution in [0.25, 0.3) is 0 Å². The maximum Gasteiger partial charge on any atom is 0.146 e. The standard InChI is InChI=1S/C20H24FNO2.C3H8/c1-4-20(22-15(2)16-8-6-5-7-9-16)17-10-11-18(19(21)12-17)13-24-14-23-3;1-3-2/h5-12,15H,4,13-14H2,1-3H3;3H2,1-2H3/t15-;/m0./s1. The maximum absolute atomic E-state index is 14.3. The molecule has 0 fully saturated rings. The topological polar surface area (TPSA) is 30.8 Å². The molecule has 0 unspecified atom stereocenters. The van der Waals surface area contributed by atoms with Gasteiger partial charge in [-0.15, -0.1) is 0 Å². The Kier molecular flexibility index (Phi) is 11.2. The highest BCUT2D eigenvalue weighted by atomic mass is 19.1. The molecule has 0 N–H and O–H groups in total. The van der Waals surface area contributed by atoms with Gasteiger partial charge in [-0.25, -0.2) is 4.39 Å². The normalized spacial score (nSPS) is 12.3.